The zero-order valence-corrected chi connectivity index (χ0v) is 14.3. The van der Waals surface area contributed by atoms with E-state index < -0.39 is 23.6 Å². The van der Waals surface area contributed by atoms with E-state index in [2.05, 4.69) is 10.6 Å². The Morgan fingerprint density at radius 3 is 2.73 bits per heavy atom. The summed E-state index contributed by atoms with van der Waals surface area (Å²) in [5, 5.41) is 5.38. The molecule has 7 heteroatoms. The average Bonchev–Trinajstić information content (AvgIpc) is 3.04. The van der Waals surface area contributed by atoms with Crippen LogP contribution in [0.5, 0.6) is 0 Å². The van der Waals surface area contributed by atoms with Crippen LogP contribution in [0.4, 0.5) is 25.8 Å². The molecule has 136 valence electrons. The Kier molecular flexibility index (Phi) is 5.16. The first-order valence-corrected chi connectivity index (χ1v) is 8.37. The Balaban J connectivity index is 1.67. The second-order valence-electron chi connectivity index (χ2n) is 6.18. The van der Waals surface area contributed by atoms with E-state index in [9.17, 15) is 18.4 Å². The van der Waals surface area contributed by atoms with Crippen LogP contribution in [0.1, 0.15) is 19.8 Å². The predicted octanol–water partition coefficient (Wildman–Crippen LogP) is 3.53. The minimum absolute atomic E-state index is 0.0783. The molecule has 1 fully saturated rings. The molecule has 1 atom stereocenters. The highest BCUT2D eigenvalue weighted by molar-refractivity contribution is 5.97. The molecule has 0 aliphatic carbocycles. The molecule has 0 spiro atoms. The van der Waals surface area contributed by atoms with E-state index in [0.29, 0.717) is 18.7 Å². The summed E-state index contributed by atoms with van der Waals surface area (Å²) in [6.07, 6.45) is 1.37. The number of anilines is 3. The Hall–Kier alpha value is -2.96. The maximum atomic E-state index is 13.6. The van der Waals surface area contributed by atoms with E-state index in [1.54, 1.807) is 30.0 Å². The molecule has 0 saturated carbocycles. The lowest BCUT2D eigenvalue weighted by atomic mass is 10.2. The van der Waals surface area contributed by atoms with Crippen LogP contribution in [-0.2, 0) is 9.59 Å². The van der Waals surface area contributed by atoms with Crippen LogP contribution >= 0.6 is 0 Å². The molecule has 1 unspecified atom stereocenters. The third-order valence-corrected chi connectivity index (χ3v) is 4.19. The SMILES string of the molecule is CC(Nc1cccc(N2CCCC2=O)c1)C(=O)Nc1cc(F)ccc1F. The second-order valence-corrected chi connectivity index (χ2v) is 6.18. The number of hydrogen-bond acceptors (Lipinski definition) is 3. The van der Waals surface area contributed by atoms with Gasteiger partial charge in [-0.2, -0.15) is 0 Å². The van der Waals surface area contributed by atoms with Crippen LogP contribution in [0.25, 0.3) is 0 Å². The number of hydrogen-bond donors (Lipinski definition) is 2. The molecule has 0 aromatic heterocycles. The van der Waals surface area contributed by atoms with Gasteiger partial charge in [-0.1, -0.05) is 6.07 Å². The van der Waals surface area contributed by atoms with Crippen LogP contribution in [0.15, 0.2) is 42.5 Å². The Bertz CT molecular complexity index is 841. The van der Waals surface area contributed by atoms with E-state index in [-0.39, 0.29) is 11.6 Å². The zero-order chi connectivity index (χ0) is 18.7. The molecule has 1 aliphatic rings. The zero-order valence-electron chi connectivity index (χ0n) is 14.3. The van der Waals surface area contributed by atoms with Crippen molar-refractivity contribution in [2.24, 2.45) is 0 Å². The molecule has 1 heterocycles. The van der Waals surface area contributed by atoms with Gasteiger partial charge in [0, 0.05) is 30.4 Å². The maximum Gasteiger partial charge on any atom is 0.246 e. The van der Waals surface area contributed by atoms with Crippen molar-refractivity contribution in [3.63, 3.8) is 0 Å². The molecule has 0 radical (unpaired) electrons. The average molecular weight is 359 g/mol. The fourth-order valence-electron chi connectivity index (χ4n) is 2.83. The highest BCUT2D eigenvalue weighted by Crippen LogP contribution is 2.24. The number of halogens is 2. The van der Waals surface area contributed by atoms with Crippen molar-refractivity contribution in [3.8, 4) is 0 Å². The first kappa shape index (κ1) is 17.8. The van der Waals surface area contributed by atoms with Gasteiger partial charge in [0.1, 0.15) is 17.7 Å². The van der Waals surface area contributed by atoms with Crippen molar-refractivity contribution in [2.75, 3.05) is 22.1 Å². The minimum Gasteiger partial charge on any atom is -0.374 e. The number of carbonyl (C=O) groups is 2. The van der Waals surface area contributed by atoms with E-state index in [4.69, 9.17) is 0 Å². The third-order valence-electron chi connectivity index (χ3n) is 4.19. The van der Waals surface area contributed by atoms with Crippen molar-refractivity contribution in [1.29, 1.82) is 0 Å². The Morgan fingerprint density at radius 1 is 1.19 bits per heavy atom. The third kappa shape index (κ3) is 3.99. The van der Waals surface area contributed by atoms with Gasteiger partial charge in [0.25, 0.3) is 0 Å². The van der Waals surface area contributed by atoms with E-state index >= 15 is 0 Å². The van der Waals surface area contributed by atoms with Gasteiger partial charge in [-0.15, -0.1) is 0 Å². The Morgan fingerprint density at radius 2 is 2.00 bits per heavy atom. The molecule has 2 aromatic carbocycles. The molecule has 3 rings (SSSR count). The highest BCUT2D eigenvalue weighted by Gasteiger charge is 2.22. The molecule has 0 bridgehead atoms. The summed E-state index contributed by atoms with van der Waals surface area (Å²) in [5.41, 5.74) is 1.21. The molecule has 1 saturated heterocycles. The first-order valence-electron chi connectivity index (χ1n) is 8.37. The molecular weight excluding hydrogens is 340 g/mol. The van der Waals surface area contributed by atoms with Gasteiger partial charge in [0.2, 0.25) is 11.8 Å². The molecule has 1 aliphatic heterocycles. The molecule has 2 amide bonds. The van der Waals surface area contributed by atoms with Gasteiger partial charge in [0.05, 0.1) is 5.69 Å². The predicted molar refractivity (Wildman–Crippen MR) is 96.1 cm³/mol. The van der Waals surface area contributed by atoms with Crippen LogP contribution < -0.4 is 15.5 Å². The van der Waals surface area contributed by atoms with E-state index in [0.717, 1.165) is 30.3 Å². The largest absolute Gasteiger partial charge is 0.374 e. The van der Waals surface area contributed by atoms with Crippen LogP contribution in [0, 0.1) is 11.6 Å². The molecule has 2 aromatic rings. The van der Waals surface area contributed by atoms with Crippen LogP contribution in [-0.4, -0.2) is 24.4 Å². The van der Waals surface area contributed by atoms with Gasteiger partial charge in [-0.3, -0.25) is 9.59 Å². The van der Waals surface area contributed by atoms with E-state index in [1.165, 1.54) is 0 Å². The summed E-state index contributed by atoms with van der Waals surface area (Å²) in [5.74, 6) is -1.77. The van der Waals surface area contributed by atoms with Crippen molar-refractivity contribution in [1.82, 2.24) is 0 Å². The molecule has 5 nitrogen and oxygen atoms in total. The molecule has 26 heavy (non-hydrogen) atoms. The van der Waals surface area contributed by atoms with Crippen LogP contribution in [0.3, 0.4) is 0 Å². The fourth-order valence-corrected chi connectivity index (χ4v) is 2.83. The lowest BCUT2D eigenvalue weighted by Crippen LogP contribution is -2.32. The fraction of sp³-hybridized carbons (Fsp3) is 0.263. The number of nitrogens with zero attached hydrogens (tertiary/aromatic N) is 1. The van der Waals surface area contributed by atoms with Crippen molar-refractivity contribution in [2.45, 2.75) is 25.8 Å². The lowest BCUT2D eigenvalue weighted by Gasteiger charge is -2.19. The summed E-state index contributed by atoms with van der Waals surface area (Å²) in [7, 11) is 0. The standard InChI is InChI=1S/C19H19F2N3O2/c1-12(19(26)23-17-10-13(20)7-8-16(17)21)22-14-4-2-5-15(11-14)24-9-3-6-18(24)25/h2,4-5,7-8,10-12,22H,3,6,9H2,1H3,(H,23,26). The number of rotatable bonds is 5. The van der Waals surface area contributed by atoms with Gasteiger partial charge in [-0.05, 0) is 43.7 Å². The number of benzene rings is 2. The first-order chi connectivity index (χ1) is 12.4. The lowest BCUT2D eigenvalue weighted by molar-refractivity contribution is -0.117. The molecular formula is C19H19F2N3O2. The Labute approximate surface area is 150 Å². The number of nitrogens with one attached hydrogen (secondary N) is 2. The summed E-state index contributed by atoms with van der Waals surface area (Å²) < 4.78 is 26.8. The monoisotopic (exact) mass is 359 g/mol. The van der Waals surface area contributed by atoms with Crippen molar-refractivity contribution in [3.05, 3.63) is 54.1 Å². The summed E-state index contributed by atoms with van der Waals surface area (Å²) in [4.78, 5) is 25.8. The van der Waals surface area contributed by atoms with Crippen molar-refractivity contribution < 1.29 is 18.4 Å². The maximum absolute atomic E-state index is 13.6. The smallest absolute Gasteiger partial charge is 0.246 e. The van der Waals surface area contributed by atoms with Crippen LogP contribution in [0.2, 0.25) is 0 Å². The van der Waals surface area contributed by atoms with Crippen molar-refractivity contribution >= 4 is 28.9 Å². The van der Waals surface area contributed by atoms with Gasteiger partial charge >= 0.3 is 0 Å². The van der Waals surface area contributed by atoms with Gasteiger partial charge in [0.15, 0.2) is 0 Å². The topological polar surface area (TPSA) is 61.4 Å². The number of carbonyl (C=O) groups excluding carboxylic acids is 2. The normalized spacial score (nSPS) is 15.0. The highest BCUT2D eigenvalue weighted by atomic mass is 19.1. The summed E-state index contributed by atoms with van der Waals surface area (Å²) in [6.45, 7) is 2.29. The minimum atomic E-state index is -0.707. The molecule has 2 N–H and O–H groups in total. The van der Waals surface area contributed by atoms with E-state index in [1.807, 2.05) is 6.07 Å². The number of amides is 2. The quantitative estimate of drug-likeness (QED) is 0.859. The van der Waals surface area contributed by atoms with Gasteiger partial charge < -0.3 is 15.5 Å². The summed E-state index contributed by atoms with van der Waals surface area (Å²) >= 11 is 0. The second kappa shape index (κ2) is 7.51. The van der Waals surface area contributed by atoms with Gasteiger partial charge in [-0.25, -0.2) is 8.78 Å². The summed E-state index contributed by atoms with van der Waals surface area (Å²) in [6, 6.07) is 9.37.